The normalized spacial score (nSPS) is 10.8. The molecule has 0 saturated heterocycles. The monoisotopic (exact) mass is 390 g/mol. The van der Waals surface area contributed by atoms with E-state index in [1.54, 1.807) is 24.3 Å². The van der Waals surface area contributed by atoms with Gasteiger partial charge in [-0.25, -0.2) is 0 Å². The zero-order valence-corrected chi connectivity index (χ0v) is 14.3. The van der Waals surface area contributed by atoms with Gasteiger partial charge in [-0.05, 0) is 24.3 Å². The van der Waals surface area contributed by atoms with Crippen LogP contribution in [0.2, 0.25) is 30.1 Å². The van der Waals surface area contributed by atoms with Gasteiger partial charge in [-0.2, -0.15) is 0 Å². The van der Waals surface area contributed by atoms with Gasteiger partial charge in [0, 0.05) is 9.79 Å². The maximum Gasteiger partial charge on any atom is 0.0779 e. The topological polar surface area (TPSA) is 0 Å². The van der Waals surface area contributed by atoms with E-state index in [4.69, 9.17) is 69.6 Å². The van der Waals surface area contributed by atoms with Gasteiger partial charge >= 0.3 is 0 Å². The first-order chi connectivity index (χ1) is 8.88. The molecule has 0 amide bonds. The summed E-state index contributed by atoms with van der Waals surface area (Å²) >= 11 is 37.1. The Morgan fingerprint density at radius 1 is 0.526 bits per heavy atom. The molecule has 0 fully saturated rings. The van der Waals surface area contributed by atoms with Crippen LogP contribution in [0, 0.1) is 0 Å². The molecule has 100 valence electrons. The SMILES string of the molecule is Clc1cc(Sc2cc(Cl)c(Cl)c(Cl)c2)cc(Cl)c1Cl. The molecule has 0 aliphatic carbocycles. The van der Waals surface area contributed by atoms with Gasteiger partial charge in [0.05, 0.1) is 30.1 Å². The van der Waals surface area contributed by atoms with Gasteiger partial charge in [-0.3, -0.25) is 0 Å². The molecule has 2 aromatic carbocycles. The number of hydrogen-bond donors (Lipinski definition) is 0. The predicted molar refractivity (Wildman–Crippen MR) is 87.1 cm³/mol. The fourth-order valence-electron chi connectivity index (χ4n) is 1.32. The van der Waals surface area contributed by atoms with E-state index in [0.717, 1.165) is 9.79 Å². The molecular formula is C12H4Cl6S. The van der Waals surface area contributed by atoms with E-state index in [1.807, 2.05) is 0 Å². The zero-order valence-electron chi connectivity index (χ0n) is 8.99. The van der Waals surface area contributed by atoms with Gasteiger partial charge in [0.2, 0.25) is 0 Å². The molecule has 0 unspecified atom stereocenters. The first kappa shape index (κ1) is 15.9. The van der Waals surface area contributed by atoms with Crippen LogP contribution in [0.1, 0.15) is 0 Å². The summed E-state index contributed by atoms with van der Waals surface area (Å²) in [5, 5.41) is 2.23. The van der Waals surface area contributed by atoms with Crippen LogP contribution in [0.3, 0.4) is 0 Å². The molecule has 0 nitrogen and oxygen atoms in total. The van der Waals surface area contributed by atoms with Crippen molar-refractivity contribution in [3.05, 3.63) is 54.4 Å². The Bertz CT molecular complexity index is 539. The average Bonchev–Trinajstić information content (AvgIpc) is 2.33. The van der Waals surface area contributed by atoms with Crippen LogP contribution in [0.4, 0.5) is 0 Å². The summed E-state index contributed by atoms with van der Waals surface area (Å²) in [6, 6.07) is 6.88. The summed E-state index contributed by atoms with van der Waals surface area (Å²) in [7, 11) is 0. The molecule has 0 saturated carbocycles. The van der Waals surface area contributed by atoms with Gasteiger partial charge < -0.3 is 0 Å². The molecule has 19 heavy (non-hydrogen) atoms. The Kier molecular flexibility index (Phi) is 5.47. The largest absolute Gasteiger partial charge is 0.0899 e. The molecule has 0 aliphatic rings. The second kappa shape index (κ2) is 6.53. The maximum absolute atomic E-state index is 5.97. The molecule has 2 aromatic rings. The lowest BCUT2D eigenvalue weighted by Gasteiger charge is -2.07. The van der Waals surface area contributed by atoms with E-state index < -0.39 is 0 Å². The molecule has 7 heteroatoms. The second-order valence-corrected chi connectivity index (χ2v) is 7.04. The lowest BCUT2D eigenvalue weighted by molar-refractivity contribution is 1.41. The van der Waals surface area contributed by atoms with Crippen LogP contribution in [0.25, 0.3) is 0 Å². The summed E-state index contributed by atoms with van der Waals surface area (Å²) < 4.78 is 0. The van der Waals surface area contributed by atoms with Crippen molar-refractivity contribution in [3.8, 4) is 0 Å². The third-order valence-corrected chi connectivity index (χ3v) is 5.49. The van der Waals surface area contributed by atoms with Crippen molar-refractivity contribution in [2.24, 2.45) is 0 Å². The van der Waals surface area contributed by atoms with Crippen LogP contribution in [0.15, 0.2) is 34.1 Å². The van der Waals surface area contributed by atoms with Crippen molar-refractivity contribution < 1.29 is 0 Å². The van der Waals surface area contributed by atoms with Gasteiger partial charge in [0.1, 0.15) is 0 Å². The molecule has 0 spiro atoms. The van der Waals surface area contributed by atoms with Crippen LogP contribution >= 0.6 is 81.4 Å². The third-order valence-electron chi connectivity index (χ3n) is 2.15. The van der Waals surface area contributed by atoms with E-state index in [0.29, 0.717) is 30.1 Å². The molecule has 2 rings (SSSR count). The van der Waals surface area contributed by atoms with E-state index >= 15 is 0 Å². The molecule has 0 bridgehead atoms. The summed E-state index contributed by atoms with van der Waals surface area (Å²) in [5.74, 6) is 0. The minimum absolute atomic E-state index is 0.333. The number of benzene rings is 2. The minimum Gasteiger partial charge on any atom is -0.0899 e. The summed E-state index contributed by atoms with van der Waals surface area (Å²) in [5.41, 5.74) is 0. The van der Waals surface area contributed by atoms with Crippen LogP contribution < -0.4 is 0 Å². The first-order valence-electron chi connectivity index (χ1n) is 4.85. The number of rotatable bonds is 2. The smallest absolute Gasteiger partial charge is 0.0779 e. The Hall–Kier alpha value is 0.530. The highest BCUT2D eigenvalue weighted by Crippen LogP contribution is 2.40. The molecule has 0 N–H and O–H groups in total. The Morgan fingerprint density at radius 3 is 1.05 bits per heavy atom. The second-order valence-electron chi connectivity index (χ2n) is 3.50. The Balaban J connectivity index is 2.36. The van der Waals surface area contributed by atoms with E-state index in [9.17, 15) is 0 Å². The molecular weight excluding hydrogens is 389 g/mol. The summed E-state index contributed by atoms with van der Waals surface area (Å²) in [4.78, 5) is 1.66. The van der Waals surface area contributed by atoms with Gasteiger partial charge in [0.25, 0.3) is 0 Å². The molecule has 0 atom stereocenters. The Morgan fingerprint density at radius 2 is 0.789 bits per heavy atom. The predicted octanol–water partition coefficient (Wildman–Crippen LogP) is 7.76. The highest BCUT2D eigenvalue weighted by Gasteiger charge is 2.10. The fourth-order valence-corrected chi connectivity index (χ4v) is 3.75. The van der Waals surface area contributed by atoms with E-state index in [-0.39, 0.29) is 0 Å². The standard InChI is InChI=1S/C12H4Cl6S/c13-7-1-5(2-8(14)11(7)17)19-6-3-9(15)12(18)10(16)4-6/h1-4H. The lowest BCUT2D eigenvalue weighted by atomic mass is 10.3. The third kappa shape index (κ3) is 3.79. The fraction of sp³-hybridized carbons (Fsp3) is 0. The minimum atomic E-state index is 0.333. The van der Waals surface area contributed by atoms with Crippen molar-refractivity contribution >= 4 is 81.4 Å². The summed E-state index contributed by atoms with van der Waals surface area (Å²) in [6.45, 7) is 0. The van der Waals surface area contributed by atoms with Gasteiger partial charge in [-0.15, -0.1) is 0 Å². The first-order valence-corrected chi connectivity index (χ1v) is 7.94. The highest BCUT2D eigenvalue weighted by molar-refractivity contribution is 7.99. The number of hydrogen-bond acceptors (Lipinski definition) is 1. The highest BCUT2D eigenvalue weighted by atomic mass is 35.5. The van der Waals surface area contributed by atoms with Gasteiger partial charge in [0.15, 0.2) is 0 Å². The van der Waals surface area contributed by atoms with E-state index in [1.165, 1.54) is 11.8 Å². The Labute approximate surface area is 144 Å². The van der Waals surface area contributed by atoms with E-state index in [2.05, 4.69) is 0 Å². The van der Waals surface area contributed by atoms with Gasteiger partial charge in [-0.1, -0.05) is 81.4 Å². The van der Waals surface area contributed by atoms with Crippen LogP contribution in [-0.2, 0) is 0 Å². The van der Waals surface area contributed by atoms with Crippen LogP contribution in [0.5, 0.6) is 0 Å². The molecule has 0 aromatic heterocycles. The van der Waals surface area contributed by atoms with Crippen molar-refractivity contribution in [1.29, 1.82) is 0 Å². The van der Waals surface area contributed by atoms with Crippen molar-refractivity contribution in [3.63, 3.8) is 0 Å². The van der Waals surface area contributed by atoms with Crippen LogP contribution in [-0.4, -0.2) is 0 Å². The maximum atomic E-state index is 5.97. The lowest BCUT2D eigenvalue weighted by Crippen LogP contribution is -1.79. The van der Waals surface area contributed by atoms with Crippen molar-refractivity contribution in [1.82, 2.24) is 0 Å². The average molecular weight is 393 g/mol. The molecule has 0 aliphatic heterocycles. The van der Waals surface area contributed by atoms with Crippen molar-refractivity contribution in [2.45, 2.75) is 9.79 Å². The zero-order chi connectivity index (χ0) is 14.2. The number of halogens is 6. The molecule has 0 heterocycles. The quantitative estimate of drug-likeness (QED) is 0.470. The summed E-state index contributed by atoms with van der Waals surface area (Å²) in [6.07, 6.45) is 0. The van der Waals surface area contributed by atoms with Crippen molar-refractivity contribution in [2.75, 3.05) is 0 Å². The molecule has 0 radical (unpaired) electrons.